The third kappa shape index (κ3) is 4.34. The van der Waals surface area contributed by atoms with Gasteiger partial charge in [-0.1, -0.05) is 38.2 Å². The predicted octanol–water partition coefficient (Wildman–Crippen LogP) is 4.47. The van der Waals surface area contributed by atoms with Crippen LogP contribution in [0.3, 0.4) is 0 Å². The van der Waals surface area contributed by atoms with Crippen LogP contribution in [0.25, 0.3) is 0 Å². The fraction of sp³-hybridized carbons (Fsp3) is 0.643. The first-order valence-electron chi connectivity index (χ1n) is 5.57. The normalized spacial score (nSPS) is 13.6. The smallest absolute Gasteiger partial charge is 0.0692 e. The first kappa shape index (κ1) is 14.0. The molecule has 0 N–H and O–H groups in total. The van der Waals surface area contributed by atoms with E-state index in [1.165, 1.54) is 0 Å². The molecule has 0 saturated carbocycles. The van der Waals surface area contributed by atoms with Crippen LogP contribution in [0.2, 0.25) is 0 Å². The highest BCUT2D eigenvalue weighted by Crippen LogP contribution is 2.39. The summed E-state index contributed by atoms with van der Waals surface area (Å²) in [6, 6.07) is 2.37. The fourth-order valence-electron chi connectivity index (χ4n) is 1.09. The van der Waals surface area contributed by atoms with E-state index < -0.39 is 0 Å². The lowest BCUT2D eigenvalue weighted by atomic mass is 9.69. The highest BCUT2D eigenvalue weighted by Gasteiger charge is 2.34. The van der Waals surface area contributed by atoms with E-state index in [0.29, 0.717) is 0 Å². The van der Waals surface area contributed by atoms with E-state index in [-0.39, 0.29) is 10.8 Å². The van der Waals surface area contributed by atoms with Gasteiger partial charge in [-0.2, -0.15) is 5.26 Å². The lowest BCUT2D eigenvalue weighted by Gasteiger charge is -2.33. The van der Waals surface area contributed by atoms with Crippen LogP contribution in [0, 0.1) is 22.2 Å². The maximum absolute atomic E-state index is 9.08. The maximum atomic E-state index is 9.08. The Bertz CT molecular complexity index is 274. The Morgan fingerprint density at radius 1 is 1.07 bits per heavy atom. The van der Waals surface area contributed by atoms with Gasteiger partial charge >= 0.3 is 0 Å². The van der Waals surface area contributed by atoms with Gasteiger partial charge in [-0.25, -0.2) is 0 Å². The third-order valence-electron chi connectivity index (χ3n) is 3.16. The molecule has 0 aliphatic carbocycles. The summed E-state index contributed by atoms with van der Waals surface area (Å²) in [4.78, 5) is 0. The Morgan fingerprint density at radius 3 is 2.07 bits per heavy atom. The van der Waals surface area contributed by atoms with Gasteiger partial charge in [0, 0.05) is 5.41 Å². The second-order valence-corrected chi connectivity index (χ2v) is 5.01. The summed E-state index contributed by atoms with van der Waals surface area (Å²) in [5.41, 5.74) is -0.387. The molecule has 0 saturated heterocycles. The second-order valence-electron chi connectivity index (χ2n) is 5.01. The monoisotopic (exact) mass is 205 g/mol. The highest BCUT2D eigenvalue weighted by atomic mass is 14.4. The largest absolute Gasteiger partial charge is 0.198 e. The van der Waals surface area contributed by atoms with Crippen molar-refractivity contribution in [2.45, 2.75) is 47.5 Å². The van der Waals surface area contributed by atoms with E-state index in [0.717, 1.165) is 12.8 Å². The minimum atomic E-state index is -0.315. The topological polar surface area (TPSA) is 23.8 Å². The van der Waals surface area contributed by atoms with Crippen molar-refractivity contribution in [2.75, 3.05) is 0 Å². The van der Waals surface area contributed by atoms with E-state index >= 15 is 0 Å². The van der Waals surface area contributed by atoms with Crippen molar-refractivity contribution in [3.05, 3.63) is 24.3 Å². The zero-order chi connectivity index (χ0) is 11.9. The molecular weight excluding hydrogens is 182 g/mol. The second kappa shape index (κ2) is 5.75. The summed E-state index contributed by atoms with van der Waals surface area (Å²) < 4.78 is 0. The molecule has 0 aliphatic rings. The Balaban J connectivity index is 4.33. The van der Waals surface area contributed by atoms with Gasteiger partial charge in [-0.05, 0) is 33.6 Å². The van der Waals surface area contributed by atoms with E-state index in [2.05, 4.69) is 44.2 Å². The zero-order valence-electron chi connectivity index (χ0n) is 10.7. The average molecular weight is 205 g/mol. The van der Waals surface area contributed by atoms with E-state index in [1.54, 1.807) is 0 Å². The van der Waals surface area contributed by atoms with Crippen molar-refractivity contribution in [2.24, 2.45) is 10.8 Å². The van der Waals surface area contributed by atoms with Crippen LogP contribution >= 0.6 is 0 Å². The van der Waals surface area contributed by atoms with Gasteiger partial charge in [-0.15, -0.1) is 0 Å². The SMILES string of the molecule is CC=CCCC=CC(C)(C)C(C)(C)C#N. The summed E-state index contributed by atoms with van der Waals surface area (Å²) >= 11 is 0. The first-order chi connectivity index (χ1) is 6.87. The molecule has 0 radical (unpaired) electrons. The molecule has 0 bridgehead atoms. The molecule has 0 aromatic carbocycles. The van der Waals surface area contributed by atoms with Crippen molar-refractivity contribution < 1.29 is 0 Å². The molecule has 0 fully saturated rings. The average Bonchev–Trinajstić information content (AvgIpc) is 2.17. The van der Waals surface area contributed by atoms with Crippen LogP contribution in [-0.4, -0.2) is 0 Å². The minimum absolute atomic E-state index is 0.0717. The Labute approximate surface area is 94.5 Å². The van der Waals surface area contributed by atoms with Crippen molar-refractivity contribution in [1.82, 2.24) is 0 Å². The minimum Gasteiger partial charge on any atom is -0.198 e. The van der Waals surface area contributed by atoms with Crippen molar-refractivity contribution in [3.63, 3.8) is 0 Å². The molecular formula is C14H23N. The number of hydrogen-bond acceptors (Lipinski definition) is 1. The number of hydrogen-bond donors (Lipinski definition) is 0. The van der Waals surface area contributed by atoms with E-state index in [1.807, 2.05) is 20.8 Å². The lowest BCUT2D eigenvalue weighted by molar-refractivity contribution is 0.242. The van der Waals surface area contributed by atoms with E-state index in [4.69, 9.17) is 5.26 Å². The van der Waals surface area contributed by atoms with Crippen molar-refractivity contribution >= 4 is 0 Å². The van der Waals surface area contributed by atoms with Gasteiger partial charge in [0.15, 0.2) is 0 Å². The molecule has 0 amide bonds. The van der Waals surface area contributed by atoms with Crippen LogP contribution < -0.4 is 0 Å². The molecule has 1 nitrogen and oxygen atoms in total. The third-order valence-corrected chi connectivity index (χ3v) is 3.16. The number of allylic oxidation sites excluding steroid dienone is 4. The number of nitriles is 1. The summed E-state index contributed by atoms with van der Waals surface area (Å²) in [5, 5.41) is 9.08. The number of nitrogens with zero attached hydrogens (tertiary/aromatic N) is 1. The first-order valence-corrected chi connectivity index (χ1v) is 5.57. The summed E-state index contributed by atoms with van der Waals surface area (Å²) in [7, 11) is 0. The zero-order valence-corrected chi connectivity index (χ0v) is 10.7. The summed E-state index contributed by atoms with van der Waals surface area (Å²) in [5.74, 6) is 0. The van der Waals surface area contributed by atoms with Gasteiger partial charge in [-0.3, -0.25) is 0 Å². The van der Waals surface area contributed by atoms with Gasteiger partial charge in [0.05, 0.1) is 11.5 Å². The molecule has 0 aromatic rings. The van der Waals surface area contributed by atoms with Gasteiger partial charge in [0.25, 0.3) is 0 Å². The quantitative estimate of drug-likeness (QED) is 0.479. The highest BCUT2D eigenvalue weighted by molar-refractivity contribution is 5.10. The standard InChI is InChI=1S/C14H23N/c1-6-7-8-9-10-11-13(2,3)14(4,5)12-15/h6-7,10-11H,8-9H2,1-5H3. The summed E-state index contributed by atoms with van der Waals surface area (Å²) in [6.07, 6.45) is 10.7. The van der Waals surface area contributed by atoms with Crippen molar-refractivity contribution in [3.8, 4) is 6.07 Å². The molecule has 0 rings (SSSR count). The van der Waals surface area contributed by atoms with Gasteiger partial charge in [0.2, 0.25) is 0 Å². The Morgan fingerprint density at radius 2 is 1.60 bits per heavy atom. The maximum Gasteiger partial charge on any atom is 0.0692 e. The van der Waals surface area contributed by atoms with Crippen LogP contribution in [-0.2, 0) is 0 Å². The van der Waals surface area contributed by atoms with Crippen LogP contribution in [0.5, 0.6) is 0 Å². The van der Waals surface area contributed by atoms with Crippen LogP contribution in [0.15, 0.2) is 24.3 Å². The number of rotatable bonds is 5. The Hall–Kier alpha value is -1.03. The fourth-order valence-corrected chi connectivity index (χ4v) is 1.09. The van der Waals surface area contributed by atoms with Crippen LogP contribution in [0.4, 0.5) is 0 Å². The van der Waals surface area contributed by atoms with Gasteiger partial charge in [0.1, 0.15) is 0 Å². The predicted molar refractivity (Wildman–Crippen MR) is 66.4 cm³/mol. The Kier molecular flexibility index (Phi) is 5.36. The summed E-state index contributed by atoms with van der Waals surface area (Å²) in [6.45, 7) is 10.2. The van der Waals surface area contributed by atoms with Crippen LogP contribution in [0.1, 0.15) is 47.5 Å². The molecule has 0 heterocycles. The molecule has 0 aliphatic heterocycles. The molecule has 0 atom stereocenters. The van der Waals surface area contributed by atoms with E-state index in [9.17, 15) is 0 Å². The number of unbranched alkanes of at least 4 members (excludes halogenated alkanes) is 1. The molecule has 0 unspecified atom stereocenters. The molecule has 1 heteroatoms. The van der Waals surface area contributed by atoms with Gasteiger partial charge < -0.3 is 0 Å². The molecule has 0 spiro atoms. The lowest BCUT2D eigenvalue weighted by Crippen LogP contribution is -2.28. The van der Waals surface area contributed by atoms with Crippen molar-refractivity contribution in [1.29, 1.82) is 5.26 Å². The molecule has 0 aromatic heterocycles. The molecule has 15 heavy (non-hydrogen) atoms. The molecule has 84 valence electrons.